The Bertz CT molecular complexity index is 345. The van der Waals surface area contributed by atoms with Crippen molar-refractivity contribution in [3.05, 3.63) is 28.8 Å². The first-order chi connectivity index (χ1) is 6.02. The van der Waals surface area contributed by atoms with Crippen molar-refractivity contribution >= 4 is 22.9 Å². The standard InChI is InChI=1S/C10H14N2S/c1-6-7(2)9(11)4-3-8(6)5-10(12)13/h3-4H,5,11H2,1-2H3,(H2,12,13). The highest BCUT2D eigenvalue weighted by atomic mass is 32.1. The van der Waals surface area contributed by atoms with Crippen LogP contribution in [0.1, 0.15) is 16.7 Å². The molecule has 0 aliphatic rings. The summed E-state index contributed by atoms with van der Waals surface area (Å²) in [6.07, 6.45) is 0.655. The van der Waals surface area contributed by atoms with Crippen LogP contribution in [-0.2, 0) is 6.42 Å². The molecule has 0 radical (unpaired) electrons. The highest BCUT2D eigenvalue weighted by Crippen LogP contribution is 2.19. The van der Waals surface area contributed by atoms with Crippen LogP contribution in [0.15, 0.2) is 12.1 Å². The van der Waals surface area contributed by atoms with Gasteiger partial charge in [-0.05, 0) is 36.6 Å². The maximum atomic E-state index is 5.76. The van der Waals surface area contributed by atoms with Gasteiger partial charge in [0.25, 0.3) is 0 Å². The van der Waals surface area contributed by atoms with Crippen molar-refractivity contribution in [3.63, 3.8) is 0 Å². The number of anilines is 1. The van der Waals surface area contributed by atoms with E-state index in [9.17, 15) is 0 Å². The Balaban J connectivity index is 3.10. The fraction of sp³-hybridized carbons (Fsp3) is 0.300. The topological polar surface area (TPSA) is 52.0 Å². The predicted molar refractivity (Wildman–Crippen MR) is 60.8 cm³/mol. The molecule has 1 aromatic carbocycles. The van der Waals surface area contributed by atoms with E-state index in [0.717, 1.165) is 11.3 Å². The monoisotopic (exact) mass is 194 g/mol. The molecule has 3 heteroatoms. The summed E-state index contributed by atoms with van der Waals surface area (Å²) in [6, 6.07) is 3.88. The van der Waals surface area contributed by atoms with Crippen LogP contribution in [0, 0.1) is 13.8 Å². The normalized spacial score (nSPS) is 10.0. The van der Waals surface area contributed by atoms with Gasteiger partial charge in [0.1, 0.15) is 0 Å². The maximum absolute atomic E-state index is 5.76. The molecule has 0 aliphatic carbocycles. The average Bonchev–Trinajstić information content (AvgIpc) is 2.06. The summed E-state index contributed by atoms with van der Waals surface area (Å²) in [6.45, 7) is 4.05. The van der Waals surface area contributed by atoms with Gasteiger partial charge < -0.3 is 11.5 Å². The van der Waals surface area contributed by atoms with Crippen molar-refractivity contribution in [2.45, 2.75) is 20.3 Å². The van der Waals surface area contributed by atoms with Gasteiger partial charge in [0.05, 0.1) is 4.99 Å². The molecule has 0 bridgehead atoms. The van der Waals surface area contributed by atoms with Gasteiger partial charge in [-0.25, -0.2) is 0 Å². The first-order valence-electron chi connectivity index (χ1n) is 4.15. The van der Waals surface area contributed by atoms with Crippen LogP contribution in [0.2, 0.25) is 0 Å². The van der Waals surface area contributed by atoms with Crippen molar-refractivity contribution in [2.24, 2.45) is 5.73 Å². The van der Waals surface area contributed by atoms with E-state index in [2.05, 4.69) is 0 Å². The smallest absolute Gasteiger partial charge is 0.0771 e. The summed E-state index contributed by atoms with van der Waals surface area (Å²) in [5, 5.41) is 0. The van der Waals surface area contributed by atoms with E-state index in [1.807, 2.05) is 26.0 Å². The molecule has 0 amide bonds. The van der Waals surface area contributed by atoms with Crippen LogP contribution in [-0.4, -0.2) is 4.99 Å². The lowest BCUT2D eigenvalue weighted by Gasteiger charge is -2.09. The van der Waals surface area contributed by atoms with Gasteiger partial charge in [-0.1, -0.05) is 18.3 Å². The summed E-state index contributed by atoms with van der Waals surface area (Å²) in [5.74, 6) is 0. The Hall–Kier alpha value is -1.09. The fourth-order valence-electron chi connectivity index (χ4n) is 1.28. The number of hydrogen-bond acceptors (Lipinski definition) is 2. The van der Waals surface area contributed by atoms with E-state index in [1.54, 1.807) is 0 Å². The minimum absolute atomic E-state index is 0.521. The first-order valence-corrected chi connectivity index (χ1v) is 4.56. The quantitative estimate of drug-likeness (QED) is 0.556. The molecule has 2 nitrogen and oxygen atoms in total. The summed E-state index contributed by atoms with van der Waals surface area (Å²) in [4.78, 5) is 0.521. The third kappa shape index (κ3) is 2.18. The van der Waals surface area contributed by atoms with E-state index in [0.29, 0.717) is 11.4 Å². The predicted octanol–water partition coefficient (Wildman–Crippen LogP) is 1.71. The van der Waals surface area contributed by atoms with Crippen molar-refractivity contribution in [1.82, 2.24) is 0 Å². The van der Waals surface area contributed by atoms with Crippen molar-refractivity contribution in [1.29, 1.82) is 0 Å². The van der Waals surface area contributed by atoms with Crippen molar-refractivity contribution < 1.29 is 0 Å². The summed E-state index contributed by atoms with van der Waals surface area (Å²) in [7, 11) is 0. The molecule has 0 saturated heterocycles. The molecule has 4 N–H and O–H groups in total. The Morgan fingerprint density at radius 2 is 1.92 bits per heavy atom. The highest BCUT2D eigenvalue weighted by molar-refractivity contribution is 7.80. The molecule has 0 saturated carbocycles. The third-order valence-corrected chi connectivity index (χ3v) is 2.45. The molecule has 1 rings (SSSR count). The lowest BCUT2D eigenvalue weighted by molar-refractivity contribution is 1.22. The van der Waals surface area contributed by atoms with E-state index in [4.69, 9.17) is 23.7 Å². The zero-order valence-electron chi connectivity index (χ0n) is 7.92. The summed E-state index contributed by atoms with van der Waals surface area (Å²) >= 11 is 4.86. The van der Waals surface area contributed by atoms with Gasteiger partial charge in [-0.15, -0.1) is 0 Å². The highest BCUT2D eigenvalue weighted by Gasteiger charge is 2.04. The Morgan fingerprint density at radius 3 is 2.46 bits per heavy atom. The molecule has 0 fully saturated rings. The van der Waals surface area contributed by atoms with Crippen LogP contribution in [0.25, 0.3) is 0 Å². The van der Waals surface area contributed by atoms with Gasteiger partial charge in [-0.3, -0.25) is 0 Å². The van der Waals surface area contributed by atoms with Crippen LogP contribution >= 0.6 is 12.2 Å². The zero-order chi connectivity index (χ0) is 10.0. The van der Waals surface area contributed by atoms with Crippen molar-refractivity contribution in [2.75, 3.05) is 5.73 Å². The molecule has 0 spiro atoms. The lowest BCUT2D eigenvalue weighted by Crippen LogP contribution is -2.12. The molecule has 13 heavy (non-hydrogen) atoms. The molecule has 70 valence electrons. The largest absolute Gasteiger partial charge is 0.399 e. The second kappa shape index (κ2) is 3.75. The number of nitrogen functional groups attached to an aromatic ring is 1. The summed E-state index contributed by atoms with van der Waals surface area (Å²) < 4.78 is 0. The van der Waals surface area contributed by atoms with Gasteiger partial charge in [-0.2, -0.15) is 0 Å². The van der Waals surface area contributed by atoms with Gasteiger partial charge in [0.15, 0.2) is 0 Å². The van der Waals surface area contributed by atoms with Crippen LogP contribution in [0.3, 0.4) is 0 Å². The van der Waals surface area contributed by atoms with E-state index >= 15 is 0 Å². The number of thiocarbonyl (C=S) groups is 1. The van der Waals surface area contributed by atoms with E-state index < -0.39 is 0 Å². The van der Waals surface area contributed by atoms with Gasteiger partial charge in [0, 0.05) is 12.1 Å². The maximum Gasteiger partial charge on any atom is 0.0771 e. The number of rotatable bonds is 2. The summed E-state index contributed by atoms with van der Waals surface area (Å²) in [5.41, 5.74) is 15.5. The van der Waals surface area contributed by atoms with Crippen molar-refractivity contribution in [3.8, 4) is 0 Å². The molecule has 0 unspecified atom stereocenters. The number of hydrogen-bond donors (Lipinski definition) is 2. The third-order valence-electron chi connectivity index (χ3n) is 2.31. The molecule has 1 aromatic rings. The van der Waals surface area contributed by atoms with Crippen LogP contribution in [0.5, 0.6) is 0 Å². The minimum atomic E-state index is 0.521. The molecule has 0 heterocycles. The van der Waals surface area contributed by atoms with E-state index in [1.165, 1.54) is 11.1 Å². The zero-order valence-corrected chi connectivity index (χ0v) is 8.74. The Labute approximate surface area is 83.9 Å². The fourth-order valence-corrected chi connectivity index (χ4v) is 1.43. The average molecular weight is 194 g/mol. The number of nitrogens with two attached hydrogens (primary N) is 2. The van der Waals surface area contributed by atoms with Crippen LogP contribution in [0.4, 0.5) is 5.69 Å². The molecule has 0 atom stereocenters. The molecule has 0 aromatic heterocycles. The molecule has 0 aliphatic heterocycles. The second-order valence-electron chi connectivity index (χ2n) is 3.21. The number of benzene rings is 1. The molecular formula is C10H14N2S. The SMILES string of the molecule is Cc1c(N)ccc(CC(N)=S)c1C. The molecular weight excluding hydrogens is 180 g/mol. The van der Waals surface area contributed by atoms with Crippen LogP contribution < -0.4 is 11.5 Å². The Morgan fingerprint density at radius 1 is 1.31 bits per heavy atom. The van der Waals surface area contributed by atoms with E-state index in [-0.39, 0.29) is 0 Å². The first kappa shape index (κ1) is 9.99. The minimum Gasteiger partial charge on any atom is -0.399 e. The van der Waals surface area contributed by atoms with Gasteiger partial charge in [0.2, 0.25) is 0 Å². The second-order valence-corrected chi connectivity index (χ2v) is 3.73. The Kier molecular flexibility index (Phi) is 2.88. The lowest BCUT2D eigenvalue weighted by atomic mass is 9.99. The van der Waals surface area contributed by atoms with Gasteiger partial charge >= 0.3 is 0 Å².